The number of fused-ring (bicyclic) bond motifs is 1. The number of aliphatic hydroxyl groups is 1. The molecular formula is C28H34FN3O3S. The van der Waals surface area contributed by atoms with E-state index in [1.807, 2.05) is 31.2 Å². The maximum Gasteiger partial charge on any atom is 0.170 e. The molecule has 192 valence electrons. The number of thiazole rings is 1. The molecule has 4 rings (SSSR count). The van der Waals surface area contributed by atoms with Crippen molar-refractivity contribution in [2.45, 2.75) is 58.6 Å². The average molecular weight is 512 g/mol. The molecule has 0 saturated heterocycles. The third-order valence-corrected chi connectivity index (χ3v) is 7.35. The van der Waals surface area contributed by atoms with Crippen molar-refractivity contribution in [3.63, 3.8) is 0 Å². The molecule has 0 unspecified atom stereocenters. The second-order valence-corrected chi connectivity index (χ2v) is 10.4. The zero-order valence-electron chi connectivity index (χ0n) is 21.1. The summed E-state index contributed by atoms with van der Waals surface area (Å²) in [5.74, 6) is 0.867. The first kappa shape index (κ1) is 26.3. The number of rotatable bonds is 13. The highest BCUT2D eigenvalue weighted by Crippen LogP contribution is 2.26. The zero-order valence-corrected chi connectivity index (χ0v) is 21.9. The van der Waals surface area contributed by atoms with Crippen LogP contribution in [-0.4, -0.2) is 52.0 Å². The van der Waals surface area contributed by atoms with Crippen LogP contribution < -0.4 is 4.74 Å². The number of benzene rings is 2. The van der Waals surface area contributed by atoms with Crippen molar-refractivity contribution >= 4 is 21.6 Å². The molecule has 0 aliphatic heterocycles. The number of halogens is 1. The lowest BCUT2D eigenvalue weighted by Crippen LogP contribution is -2.41. The lowest BCUT2D eigenvalue weighted by atomic mass is 10.1. The normalized spacial score (nSPS) is 13.4. The van der Waals surface area contributed by atoms with E-state index in [4.69, 9.17) is 9.26 Å². The first-order chi connectivity index (χ1) is 17.4. The molecule has 2 atom stereocenters. The van der Waals surface area contributed by atoms with Crippen molar-refractivity contribution in [3.05, 3.63) is 65.0 Å². The van der Waals surface area contributed by atoms with Gasteiger partial charge in [0.15, 0.2) is 5.76 Å². The Balaban J connectivity index is 1.23. The number of hydrogen-bond donors (Lipinski definition) is 1. The Kier molecular flexibility index (Phi) is 9.07. The summed E-state index contributed by atoms with van der Waals surface area (Å²) in [5.41, 5.74) is 2.18. The van der Waals surface area contributed by atoms with Crippen molar-refractivity contribution in [1.29, 1.82) is 0 Å². The number of ether oxygens (including phenoxy) is 1. The molecule has 4 aromatic rings. The lowest BCUT2D eigenvalue weighted by molar-refractivity contribution is 0.0533. The van der Waals surface area contributed by atoms with Gasteiger partial charge in [0.25, 0.3) is 0 Å². The van der Waals surface area contributed by atoms with Crippen LogP contribution in [0.2, 0.25) is 0 Å². The van der Waals surface area contributed by atoms with E-state index < -0.39 is 6.10 Å². The fourth-order valence-electron chi connectivity index (χ4n) is 4.22. The van der Waals surface area contributed by atoms with Crippen LogP contribution in [0.1, 0.15) is 43.8 Å². The first-order valence-corrected chi connectivity index (χ1v) is 13.4. The summed E-state index contributed by atoms with van der Waals surface area (Å²) >= 11 is 1.66. The topological polar surface area (TPSA) is 71.6 Å². The summed E-state index contributed by atoms with van der Waals surface area (Å²) < 4.78 is 26.3. The van der Waals surface area contributed by atoms with Crippen LogP contribution in [-0.2, 0) is 6.42 Å². The minimum Gasteiger partial charge on any atom is -0.491 e. The van der Waals surface area contributed by atoms with E-state index in [2.05, 4.69) is 28.9 Å². The highest BCUT2D eigenvalue weighted by molar-refractivity contribution is 7.18. The van der Waals surface area contributed by atoms with Gasteiger partial charge in [-0.2, -0.15) is 0 Å². The van der Waals surface area contributed by atoms with Crippen LogP contribution >= 0.6 is 11.3 Å². The SMILES string of the molecule is CC[C@H](C)N(CCCCc1cc(-c2ccccc2F)on1)C[C@@H](O)COc1ccc2sc(C)nc2c1. The molecule has 2 aromatic heterocycles. The van der Waals surface area contributed by atoms with Gasteiger partial charge in [-0.05, 0) is 70.3 Å². The molecule has 0 fully saturated rings. The van der Waals surface area contributed by atoms with E-state index in [-0.39, 0.29) is 12.4 Å². The highest BCUT2D eigenvalue weighted by atomic mass is 32.1. The molecule has 1 N–H and O–H groups in total. The molecule has 0 spiro atoms. The zero-order chi connectivity index (χ0) is 25.5. The fraction of sp³-hybridized carbons (Fsp3) is 0.429. The van der Waals surface area contributed by atoms with Crippen LogP contribution in [0.25, 0.3) is 21.5 Å². The van der Waals surface area contributed by atoms with E-state index in [0.717, 1.165) is 58.9 Å². The molecule has 36 heavy (non-hydrogen) atoms. The predicted octanol–water partition coefficient (Wildman–Crippen LogP) is 6.26. The number of aliphatic hydroxyl groups excluding tert-OH is 1. The van der Waals surface area contributed by atoms with Gasteiger partial charge in [0.1, 0.15) is 24.3 Å². The minimum atomic E-state index is -0.592. The molecule has 0 bridgehead atoms. The van der Waals surface area contributed by atoms with Crippen molar-refractivity contribution < 1.29 is 18.8 Å². The summed E-state index contributed by atoms with van der Waals surface area (Å²) in [7, 11) is 0. The Morgan fingerprint density at radius 2 is 2.00 bits per heavy atom. The van der Waals surface area contributed by atoms with Crippen LogP contribution in [0.15, 0.2) is 53.1 Å². The van der Waals surface area contributed by atoms with E-state index in [1.54, 1.807) is 29.5 Å². The molecule has 0 aliphatic rings. The smallest absolute Gasteiger partial charge is 0.170 e. The van der Waals surface area contributed by atoms with Gasteiger partial charge in [-0.1, -0.05) is 24.2 Å². The quantitative estimate of drug-likeness (QED) is 0.214. The molecule has 0 aliphatic carbocycles. The molecule has 8 heteroatoms. The van der Waals surface area contributed by atoms with Gasteiger partial charge in [0, 0.05) is 24.7 Å². The summed E-state index contributed by atoms with van der Waals surface area (Å²) in [6.45, 7) is 7.99. The van der Waals surface area contributed by atoms with Crippen molar-refractivity contribution in [3.8, 4) is 17.1 Å². The summed E-state index contributed by atoms with van der Waals surface area (Å²) in [6, 6.07) is 14.6. The van der Waals surface area contributed by atoms with E-state index in [1.165, 1.54) is 6.07 Å². The average Bonchev–Trinajstić information content (AvgIpc) is 3.49. The maximum absolute atomic E-state index is 14.0. The maximum atomic E-state index is 14.0. The number of aryl methyl sites for hydroxylation is 2. The Bertz CT molecular complexity index is 1260. The Morgan fingerprint density at radius 1 is 1.17 bits per heavy atom. The Morgan fingerprint density at radius 3 is 2.81 bits per heavy atom. The highest BCUT2D eigenvalue weighted by Gasteiger charge is 2.18. The fourth-order valence-corrected chi connectivity index (χ4v) is 5.02. The monoisotopic (exact) mass is 511 g/mol. The molecule has 0 amide bonds. The van der Waals surface area contributed by atoms with Crippen LogP contribution in [0.3, 0.4) is 0 Å². The van der Waals surface area contributed by atoms with Crippen LogP contribution in [0, 0.1) is 12.7 Å². The van der Waals surface area contributed by atoms with Gasteiger partial charge in [-0.15, -0.1) is 11.3 Å². The van der Waals surface area contributed by atoms with E-state index in [0.29, 0.717) is 23.9 Å². The third-order valence-electron chi connectivity index (χ3n) is 6.39. The van der Waals surface area contributed by atoms with Gasteiger partial charge < -0.3 is 14.4 Å². The number of hydrogen-bond acceptors (Lipinski definition) is 7. The number of aromatic nitrogens is 2. The second kappa shape index (κ2) is 12.4. The molecule has 2 heterocycles. The number of unbranched alkanes of at least 4 members (excludes halogenated alkanes) is 1. The second-order valence-electron chi connectivity index (χ2n) is 9.20. The number of nitrogens with zero attached hydrogens (tertiary/aromatic N) is 3. The first-order valence-electron chi connectivity index (χ1n) is 12.6. The van der Waals surface area contributed by atoms with E-state index in [9.17, 15) is 9.50 Å². The van der Waals surface area contributed by atoms with Crippen molar-refractivity contribution in [1.82, 2.24) is 15.0 Å². The molecule has 0 saturated carbocycles. The third kappa shape index (κ3) is 6.90. The van der Waals surface area contributed by atoms with Gasteiger partial charge in [0.05, 0.1) is 26.5 Å². The molecule has 6 nitrogen and oxygen atoms in total. The summed E-state index contributed by atoms with van der Waals surface area (Å²) in [4.78, 5) is 6.82. The van der Waals surface area contributed by atoms with Crippen molar-refractivity contribution in [2.24, 2.45) is 0 Å². The van der Waals surface area contributed by atoms with Gasteiger partial charge in [-0.25, -0.2) is 9.37 Å². The summed E-state index contributed by atoms with van der Waals surface area (Å²) in [6.07, 6.45) is 3.06. The van der Waals surface area contributed by atoms with Crippen LogP contribution in [0.4, 0.5) is 4.39 Å². The molecule has 0 radical (unpaired) electrons. The Hall–Kier alpha value is -2.81. The standard InChI is InChI=1S/C28H34FN3O3S/c1-4-19(2)32(17-22(33)18-34-23-12-13-28-26(16-23)30-20(3)36-28)14-8-7-9-21-15-27(35-31-21)24-10-5-6-11-25(24)29/h5-6,10-13,15-16,19,22,33H,4,7-9,14,17-18H2,1-3H3/t19-,22+/m0/s1. The Labute approximate surface area is 215 Å². The predicted molar refractivity (Wildman–Crippen MR) is 142 cm³/mol. The molecule has 2 aromatic carbocycles. The van der Waals surface area contributed by atoms with Crippen molar-refractivity contribution in [2.75, 3.05) is 19.7 Å². The lowest BCUT2D eigenvalue weighted by Gasteiger charge is -2.30. The van der Waals surface area contributed by atoms with Gasteiger partial charge in [0.2, 0.25) is 0 Å². The minimum absolute atomic E-state index is 0.235. The largest absolute Gasteiger partial charge is 0.491 e. The molecular weight excluding hydrogens is 477 g/mol. The summed E-state index contributed by atoms with van der Waals surface area (Å²) in [5, 5.41) is 15.8. The van der Waals surface area contributed by atoms with Crippen LogP contribution in [0.5, 0.6) is 5.75 Å². The van der Waals surface area contributed by atoms with E-state index >= 15 is 0 Å². The van der Waals surface area contributed by atoms with Gasteiger partial charge in [-0.3, -0.25) is 4.90 Å². The van der Waals surface area contributed by atoms with Gasteiger partial charge >= 0.3 is 0 Å².